The zero-order valence-corrected chi connectivity index (χ0v) is 11.6. The maximum Gasteiger partial charge on any atom is 0.262 e. The Morgan fingerprint density at radius 2 is 1.89 bits per heavy atom. The fourth-order valence-corrected chi connectivity index (χ4v) is 2.87. The summed E-state index contributed by atoms with van der Waals surface area (Å²) in [5, 5.41) is 0.123. The molecule has 0 bridgehead atoms. The van der Waals surface area contributed by atoms with E-state index < -0.39 is 15.8 Å². The van der Waals surface area contributed by atoms with Crippen molar-refractivity contribution in [3.05, 3.63) is 52.5 Å². The topological polar surface area (TPSA) is 59.1 Å². The Morgan fingerprint density at radius 1 is 1.16 bits per heavy atom. The molecule has 0 aliphatic heterocycles. The number of sulfonamides is 1. The van der Waals surface area contributed by atoms with Gasteiger partial charge in [-0.1, -0.05) is 23.2 Å². The highest BCUT2D eigenvalue weighted by molar-refractivity contribution is 7.92. The molecule has 0 atom stereocenters. The third-order valence-corrected chi connectivity index (χ3v) is 4.08. The van der Waals surface area contributed by atoms with Gasteiger partial charge in [0.1, 0.15) is 11.0 Å². The minimum Gasteiger partial charge on any atom is -0.278 e. The van der Waals surface area contributed by atoms with Crippen molar-refractivity contribution in [2.45, 2.75) is 4.90 Å². The number of pyridine rings is 1. The average Bonchev–Trinajstić information content (AvgIpc) is 2.33. The van der Waals surface area contributed by atoms with Crippen LogP contribution in [0.4, 0.5) is 10.1 Å². The van der Waals surface area contributed by atoms with Gasteiger partial charge >= 0.3 is 0 Å². The van der Waals surface area contributed by atoms with Crippen LogP contribution in [0.3, 0.4) is 0 Å². The quantitative estimate of drug-likeness (QED) is 0.882. The summed E-state index contributed by atoms with van der Waals surface area (Å²) in [6.45, 7) is 0. The van der Waals surface area contributed by atoms with Crippen molar-refractivity contribution < 1.29 is 12.8 Å². The van der Waals surface area contributed by atoms with Crippen LogP contribution in [0.1, 0.15) is 0 Å². The summed E-state index contributed by atoms with van der Waals surface area (Å²) < 4.78 is 39.3. The van der Waals surface area contributed by atoms with Crippen LogP contribution in [0.5, 0.6) is 0 Å². The molecule has 0 amide bonds. The van der Waals surface area contributed by atoms with Gasteiger partial charge in [0, 0.05) is 6.20 Å². The molecule has 100 valence electrons. The van der Waals surface area contributed by atoms with Gasteiger partial charge in [-0.3, -0.25) is 4.72 Å². The first-order chi connectivity index (χ1) is 8.88. The van der Waals surface area contributed by atoms with E-state index in [1.807, 2.05) is 0 Å². The molecule has 0 unspecified atom stereocenters. The largest absolute Gasteiger partial charge is 0.278 e. The molecule has 0 aliphatic rings. The Labute approximate surface area is 119 Å². The molecule has 0 aliphatic carbocycles. The van der Waals surface area contributed by atoms with Crippen molar-refractivity contribution in [3.8, 4) is 0 Å². The van der Waals surface area contributed by atoms with E-state index >= 15 is 0 Å². The first-order valence-corrected chi connectivity index (χ1v) is 7.22. The first-order valence-electron chi connectivity index (χ1n) is 4.98. The molecule has 8 heteroatoms. The maximum atomic E-state index is 13.1. The summed E-state index contributed by atoms with van der Waals surface area (Å²) in [5.41, 5.74) is -0.0467. The molecule has 0 spiro atoms. The number of halogens is 3. The van der Waals surface area contributed by atoms with E-state index in [2.05, 4.69) is 9.71 Å². The second-order valence-corrected chi connectivity index (χ2v) is 6.02. The Bertz CT molecular complexity index is 722. The van der Waals surface area contributed by atoms with Crippen LogP contribution in [-0.4, -0.2) is 13.4 Å². The average molecular weight is 321 g/mol. The van der Waals surface area contributed by atoms with Gasteiger partial charge in [0.15, 0.2) is 0 Å². The number of aromatic nitrogens is 1. The Hall–Kier alpha value is -1.37. The molecular weight excluding hydrogens is 314 g/mol. The van der Waals surface area contributed by atoms with Crippen molar-refractivity contribution in [1.82, 2.24) is 4.98 Å². The minimum atomic E-state index is -3.90. The second-order valence-electron chi connectivity index (χ2n) is 3.54. The lowest BCUT2D eigenvalue weighted by Gasteiger charge is -2.09. The summed E-state index contributed by atoms with van der Waals surface area (Å²) in [6.07, 6.45) is 1.25. The van der Waals surface area contributed by atoms with Crippen LogP contribution < -0.4 is 4.72 Å². The summed E-state index contributed by atoms with van der Waals surface area (Å²) in [4.78, 5) is 3.59. The highest BCUT2D eigenvalue weighted by atomic mass is 35.5. The van der Waals surface area contributed by atoms with Crippen molar-refractivity contribution in [1.29, 1.82) is 0 Å². The number of hydrogen-bond donors (Lipinski definition) is 1. The van der Waals surface area contributed by atoms with E-state index in [9.17, 15) is 12.8 Å². The van der Waals surface area contributed by atoms with Crippen LogP contribution in [0.15, 0.2) is 41.4 Å². The van der Waals surface area contributed by atoms with Crippen LogP contribution in [0.25, 0.3) is 0 Å². The van der Waals surface area contributed by atoms with E-state index in [0.29, 0.717) is 0 Å². The molecule has 0 radical (unpaired) electrons. The molecule has 1 aromatic heterocycles. The predicted octanol–water partition coefficient (Wildman–Crippen LogP) is 3.33. The van der Waals surface area contributed by atoms with Gasteiger partial charge in [-0.25, -0.2) is 17.8 Å². The van der Waals surface area contributed by atoms with Crippen molar-refractivity contribution in [2.75, 3.05) is 4.72 Å². The number of nitrogens with one attached hydrogen (secondary N) is 1. The number of hydrogen-bond acceptors (Lipinski definition) is 3. The second kappa shape index (κ2) is 5.32. The van der Waals surface area contributed by atoms with E-state index in [4.69, 9.17) is 23.2 Å². The van der Waals surface area contributed by atoms with Crippen LogP contribution in [0.2, 0.25) is 10.2 Å². The summed E-state index contributed by atoms with van der Waals surface area (Å²) in [5.74, 6) is -0.602. The number of nitrogens with zero attached hydrogens (tertiary/aromatic N) is 1. The molecule has 1 N–H and O–H groups in total. The smallest absolute Gasteiger partial charge is 0.262 e. The Morgan fingerprint density at radius 3 is 2.58 bits per heavy atom. The van der Waals surface area contributed by atoms with E-state index in [-0.39, 0.29) is 20.8 Å². The summed E-state index contributed by atoms with van der Waals surface area (Å²) >= 11 is 11.4. The summed E-state index contributed by atoms with van der Waals surface area (Å²) in [6, 6.07) is 5.82. The zero-order valence-electron chi connectivity index (χ0n) is 9.27. The van der Waals surface area contributed by atoms with Crippen LogP contribution in [-0.2, 0) is 10.0 Å². The lowest BCUT2D eigenvalue weighted by atomic mass is 10.3. The van der Waals surface area contributed by atoms with Crippen molar-refractivity contribution >= 4 is 38.9 Å². The molecule has 19 heavy (non-hydrogen) atoms. The molecule has 2 aromatic rings. The normalized spacial score (nSPS) is 11.3. The highest BCUT2D eigenvalue weighted by Gasteiger charge is 2.16. The van der Waals surface area contributed by atoms with Crippen LogP contribution in [0, 0.1) is 5.82 Å². The standard InChI is InChI=1S/C11H7Cl2FN2O2S/c12-9-2-1-7(14)5-10(9)16-19(17,18)8-3-4-15-11(13)6-8/h1-6,16H. The van der Waals surface area contributed by atoms with E-state index in [1.165, 1.54) is 24.4 Å². The van der Waals surface area contributed by atoms with Crippen LogP contribution >= 0.6 is 23.2 Å². The fraction of sp³-hybridized carbons (Fsp3) is 0. The molecular formula is C11H7Cl2FN2O2S. The van der Waals surface area contributed by atoms with Gasteiger partial charge < -0.3 is 0 Å². The zero-order chi connectivity index (χ0) is 14.0. The van der Waals surface area contributed by atoms with Gasteiger partial charge in [-0.05, 0) is 30.3 Å². The number of anilines is 1. The maximum absolute atomic E-state index is 13.1. The van der Waals surface area contributed by atoms with Gasteiger partial charge in [0.2, 0.25) is 0 Å². The summed E-state index contributed by atoms with van der Waals surface area (Å²) in [7, 11) is -3.90. The van der Waals surface area contributed by atoms with Gasteiger partial charge in [0.05, 0.1) is 15.6 Å². The lowest BCUT2D eigenvalue weighted by Crippen LogP contribution is -2.13. The van der Waals surface area contributed by atoms with Gasteiger partial charge in [-0.2, -0.15) is 0 Å². The van der Waals surface area contributed by atoms with Crippen molar-refractivity contribution in [3.63, 3.8) is 0 Å². The van der Waals surface area contributed by atoms with E-state index in [1.54, 1.807) is 0 Å². The first kappa shape index (κ1) is 14.0. The Balaban J connectivity index is 2.39. The molecule has 2 rings (SSSR count). The molecule has 0 fully saturated rings. The molecule has 1 aromatic carbocycles. The third-order valence-electron chi connectivity index (χ3n) is 2.18. The fourth-order valence-electron chi connectivity index (χ4n) is 1.33. The molecule has 0 saturated carbocycles. The Kier molecular flexibility index (Phi) is 3.93. The van der Waals surface area contributed by atoms with Gasteiger partial charge in [-0.15, -0.1) is 0 Å². The predicted molar refractivity (Wildman–Crippen MR) is 71.5 cm³/mol. The molecule has 4 nitrogen and oxygen atoms in total. The monoisotopic (exact) mass is 320 g/mol. The number of benzene rings is 1. The molecule has 0 saturated heterocycles. The SMILES string of the molecule is O=S(=O)(Nc1cc(F)ccc1Cl)c1ccnc(Cl)c1. The lowest BCUT2D eigenvalue weighted by molar-refractivity contribution is 0.601. The molecule has 1 heterocycles. The third kappa shape index (κ3) is 3.34. The highest BCUT2D eigenvalue weighted by Crippen LogP contribution is 2.25. The van der Waals surface area contributed by atoms with Crippen molar-refractivity contribution in [2.24, 2.45) is 0 Å². The van der Waals surface area contributed by atoms with Gasteiger partial charge in [0.25, 0.3) is 10.0 Å². The number of rotatable bonds is 3. The van der Waals surface area contributed by atoms with E-state index in [0.717, 1.165) is 12.1 Å². The minimum absolute atomic E-state index is 0.0354.